The van der Waals surface area contributed by atoms with Crippen molar-refractivity contribution in [3.63, 3.8) is 0 Å². The van der Waals surface area contributed by atoms with E-state index < -0.39 is 0 Å². The van der Waals surface area contributed by atoms with Gasteiger partial charge >= 0.3 is 0 Å². The molecule has 130 heavy (non-hydrogen) atoms. The van der Waals surface area contributed by atoms with Gasteiger partial charge in [-0.05, 0) is 168 Å². The molecular weight excluding hydrogens is 1670 g/mol. The molecule has 642 valence electrons. The maximum atomic E-state index is 9.87. The number of nitrogens with one attached hydrogen (secondary N) is 1. The van der Waals surface area contributed by atoms with Crippen molar-refractivity contribution >= 4 is 108 Å². The number of nitrogen functional groups attached to an aromatic ring is 7. The van der Waals surface area contributed by atoms with E-state index in [1.54, 1.807) is 103 Å². The van der Waals surface area contributed by atoms with Gasteiger partial charge in [-0.1, -0.05) is 60.7 Å². The zero-order valence-corrected chi connectivity index (χ0v) is 67.3. The Morgan fingerprint density at radius 1 is 0.223 bits per heavy atom. The van der Waals surface area contributed by atoms with Gasteiger partial charge in [-0.15, -0.1) is 0 Å². The molecule has 20 rings (SSSR count). The zero-order valence-electron chi connectivity index (χ0n) is 67.3. The van der Waals surface area contributed by atoms with Crippen molar-refractivity contribution in [3.05, 3.63) is 249 Å². The lowest BCUT2D eigenvalue weighted by atomic mass is 10.0. The Kier molecular flexibility index (Phi) is 23.4. The van der Waals surface area contributed by atoms with Gasteiger partial charge in [-0.25, -0.2) is 79.7 Å². The Morgan fingerprint density at radius 3 is 0.954 bits per heavy atom. The summed E-state index contributed by atoms with van der Waals surface area (Å²) >= 11 is 0. The summed E-state index contributed by atoms with van der Waals surface area (Å²) in [5, 5.41) is 122. The second kappa shape index (κ2) is 36.0. The first-order chi connectivity index (χ1) is 62.7. The van der Waals surface area contributed by atoms with E-state index in [-0.39, 0.29) is 144 Å². The van der Waals surface area contributed by atoms with E-state index >= 15 is 0 Å². The average molecular weight is 1740 g/mol. The summed E-state index contributed by atoms with van der Waals surface area (Å²) in [7, 11) is 0. The monoisotopic (exact) mass is 1730 g/mol. The van der Waals surface area contributed by atoms with Gasteiger partial charge in [0.1, 0.15) is 42.0 Å². The first kappa shape index (κ1) is 84.3. The number of phenols is 12. The molecule has 10 aromatic heterocycles. The summed E-state index contributed by atoms with van der Waals surface area (Å²) in [6.07, 6.45) is 5.60. The lowest BCUT2D eigenvalue weighted by Gasteiger charge is -2.12. The van der Waals surface area contributed by atoms with Gasteiger partial charge in [0.25, 0.3) is 0 Å². The number of hydrogen-bond donors (Lipinski definition) is 20. The number of aromatic hydroxyl groups is 12. The van der Waals surface area contributed by atoms with Gasteiger partial charge < -0.3 is 107 Å². The predicted molar refractivity (Wildman–Crippen MR) is 484 cm³/mol. The molecule has 0 atom stereocenters. The standard InChI is InChI=1S/C18H17N7.C18H14N6O4.C18H13N5O4.2C18H13N5O2/c19-16-15-17(25-18(20)24-16)22-10-14(23-15)9-21-8-11-5-6-12-3-1-2-4-13(12)7-11;19-16-15-17(24-18(20)23-16)22-14(8-2-4-10(26)12(28)6-8)13(21-15)7-1-3-9(25)11(27)5-7;19-17-16-18(21-7-20-17)23-15(9-2-4-11(25)13(27)6-9)14(22-16)8-1-3-10(24)12(26)5-8;19-17-16-18(21-9-20-17)23-15(11-3-7-13(25)8-4-11)14(22-16)10-1-5-12(24)6-2-10;19-17-16-18(21-9-20-17)23-15(11-4-2-6-13(25)8-11)14(22-16)10-3-1-5-12(24)7-10/h1-7,10,21H,8-9H2,(H4,19,20,22,24,25);1-6,25-28H,(H4,19,20,22,23,24);1-7,24-27H,(H2,19,20,21,23);2*1-9,24-25H,(H2,19,20,21,23). The minimum absolute atomic E-state index is 0.0272. The summed E-state index contributed by atoms with van der Waals surface area (Å²) in [5.41, 5.74) is 53.9. The van der Waals surface area contributed by atoms with Crippen LogP contribution in [0.25, 0.3) is 157 Å². The van der Waals surface area contributed by atoms with E-state index in [4.69, 9.17) is 40.1 Å². The topological polar surface area (TPSA) is 695 Å². The summed E-state index contributed by atoms with van der Waals surface area (Å²) in [6, 6.07) is 58.1. The predicted octanol–water partition coefficient (Wildman–Crippen LogP) is 11.4. The van der Waals surface area contributed by atoms with E-state index in [9.17, 15) is 61.3 Å². The number of benzene rings is 10. The van der Waals surface area contributed by atoms with Crippen molar-refractivity contribution in [3.8, 4) is 159 Å². The molecule has 10 heterocycles. The Bertz CT molecular complexity index is 7770. The van der Waals surface area contributed by atoms with Crippen LogP contribution in [0.4, 0.5) is 41.0 Å². The number of nitrogens with two attached hydrogens (primary N) is 7. The molecule has 27 N–H and O–H groups in total. The van der Waals surface area contributed by atoms with Crippen molar-refractivity contribution in [2.75, 3.05) is 40.1 Å². The van der Waals surface area contributed by atoms with Gasteiger partial charge in [-0.3, -0.25) is 0 Å². The van der Waals surface area contributed by atoms with Crippen LogP contribution in [-0.2, 0) is 13.1 Å². The number of fused-ring (bicyclic) bond motifs is 6. The van der Waals surface area contributed by atoms with Crippen molar-refractivity contribution < 1.29 is 61.3 Å². The van der Waals surface area contributed by atoms with E-state index in [2.05, 4.69) is 135 Å². The number of anilines is 7. The quantitative estimate of drug-likeness (QED) is 0.0505. The molecule has 40 heteroatoms. The van der Waals surface area contributed by atoms with Crippen LogP contribution in [0.2, 0.25) is 0 Å². The van der Waals surface area contributed by atoms with E-state index in [1.165, 1.54) is 96.0 Å². The van der Waals surface area contributed by atoms with E-state index in [1.807, 2.05) is 24.3 Å². The number of phenolic OH excluding ortho intramolecular Hbond substituents is 12. The molecule has 0 amide bonds. The summed E-state index contributed by atoms with van der Waals surface area (Å²) in [6.45, 7) is 1.30. The molecule has 0 spiro atoms. The third kappa shape index (κ3) is 18.4. The molecule has 20 aromatic rings. The van der Waals surface area contributed by atoms with Crippen molar-refractivity contribution in [1.29, 1.82) is 0 Å². The smallest absolute Gasteiger partial charge is 0.224 e. The minimum Gasteiger partial charge on any atom is -0.508 e. The van der Waals surface area contributed by atoms with Crippen LogP contribution in [0.15, 0.2) is 238 Å². The molecule has 40 nitrogen and oxygen atoms in total. The minimum atomic E-state index is -0.347. The highest BCUT2D eigenvalue weighted by Crippen LogP contribution is 2.43. The van der Waals surface area contributed by atoms with E-state index in [0.29, 0.717) is 108 Å². The maximum Gasteiger partial charge on any atom is 0.224 e. The van der Waals surface area contributed by atoms with Crippen LogP contribution in [0.1, 0.15) is 11.3 Å². The molecular formula is C90H70N28O12. The third-order valence-electron chi connectivity index (χ3n) is 19.5. The van der Waals surface area contributed by atoms with Gasteiger partial charge in [0, 0.05) is 57.6 Å². The molecule has 0 aliphatic heterocycles. The lowest BCUT2D eigenvalue weighted by molar-refractivity contribution is 0.404. The Balaban J connectivity index is 0.000000119. The molecule has 0 saturated carbocycles. The van der Waals surface area contributed by atoms with E-state index in [0.717, 1.165) is 23.4 Å². The fourth-order valence-electron chi connectivity index (χ4n) is 13.3. The van der Waals surface area contributed by atoms with Crippen LogP contribution in [0.3, 0.4) is 0 Å². The molecule has 0 radical (unpaired) electrons. The number of hydrogen-bond acceptors (Lipinski definition) is 40. The molecule has 0 aliphatic carbocycles. The second-order valence-electron chi connectivity index (χ2n) is 28.4. The Labute approximate surface area is 731 Å². The molecule has 0 unspecified atom stereocenters. The first-order valence-corrected chi connectivity index (χ1v) is 38.6. The van der Waals surface area contributed by atoms with Gasteiger partial charge in [0.2, 0.25) is 11.9 Å². The number of aromatic nitrogens is 20. The average Bonchev–Trinajstić information content (AvgIpc) is 0.764. The normalized spacial score (nSPS) is 11.0. The van der Waals surface area contributed by atoms with Crippen molar-refractivity contribution in [2.45, 2.75) is 13.1 Å². The highest BCUT2D eigenvalue weighted by Gasteiger charge is 2.24. The fourth-order valence-corrected chi connectivity index (χ4v) is 13.3. The lowest BCUT2D eigenvalue weighted by Crippen LogP contribution is -2.14. The van der Waals surface area contributed by atoms with Crippen LogP contribution < -0.4 is 45.5 Å². The van der Waals surface area contributed by atoms with Gasteiger partial charge in [0.05, 0.1) is 57.4 Å². The van der Waals surface area contributed by atoms with Gasteiger partial charge in [-0.2, -0.15) is 19.9 Å². The van der Waals surface area contributed by atoms with Crippen LogP contribution in [0, 0.1) is 0 Å². The SMILES string of the molecule is Nc1nc(N)c2nc(-c3ccc(O)c(O)c3)c(-c3ccc(O)c(O)c3)nc2n1.Nc1nc(N)c2nc(CNCc3ccc4ccccc4c3)cnc2n1.Nc1ncnc2nc(-c3ccc(O)c(O)c3)c(-c3ccc(O)c(O)c3)nc12.Nc1ncnc2nc(-c3ccc(O)cc3)c(-c3ccc(O)cc3)nc12.Nc1ncnc2nc(-c3cccc(O)c3)c(-c3cccc(O)c3)nc12. The van der Waals surface area contributed by atoms with Crippen LogP contribution >= 0.6 is 0 Å². The fraction of sp³-hybridized carbons (Fsp3) is 0.0222. The third-order valence-corrected chi connectivity index (χ3v) is 19.5. The van der Waals surface area contributed by atoms with Crippen LogP contribution in [-0.4, -0.2) is 161 Å². The summed E-state index contributed by atoms with van der Waals surface area (Å²) in [5.74, 6) is -1.04. The molecule has 0 fully saturated rings. The molecule has 10 aromatic carbocycles. The second-order valence-corrected chi connectivity index (χ2v) is 28.4. The molecule has 0 saturated heterocycles. The first-order valence-electron chi connectivity index (χ1n) is 38.6. The number of rotatable bonds is 12. The highest BCUT2D eigenvalue weighted by atomic mass is 16.3. The largest absolute Gasteiger partial charge is 0.508 e. The molecule has 0 aliphatic rings. The number of nitrogens with zero attached hydrogens (tertiary/aromatic N) is 20. The Hall–Kier alpha value is -19.3. The molecule has 0 bridgehead atoms. The Morgan fingerprint density at radius 2 is 0.554 bits per heavy atom. The van der Waals surface area contributed by atoms with Crippen molar-refractivity contribution in [2.24, 2.45) is 0 Å². The summed E-state index contributed by atoms with van der Waals surface area (Å²) < 4.78 is 0. The maximum absolute atomic E-state index is 9.87. The van der Waals surface area contributed by atoms with Gasteiger partial charge in [0.15, 0.2) is 131 Å². The zero-order chi connectivity index (χ0) is 91.1. The highest BCUT2D eigenvalue weighted by molar-refractivity contribution is 5.95. The van der Waals surface area contributed by atoms with Crippen molar-refractivity contribution in [1.82, 2.24) is 105 Å². The summed E-state index contributed by atoms with van der Waals surface area (Å²) in [4.78, 5) is 85.0. The van der Waals surface area contributed by atoms with Crippen LogP contribution in [0.5, 0.6) is 69.0 Å².